The van der Waals surface area contributed by atoms with Crippen LogP contribution in [0.1, 0.15) is 73.0 Å². The Morgan fingerprint density at radius 3 is 2.78 bits per heavy atom. The van der Waals surface area contributed by atoms with E-state index in [2.05, 4.69) is 18.0 Å². The van der Waals surface area contributed by atoms with E-state index in [4.69, 9.17) is 4.74 Å². The first kappa shape index (κ1) is 19.7. The van der Waals surface area contributed by atoms with E-state index in [1.807, 2.05) is 11.2 Å². The second-order valence-corrected chi connectivity index (χ2v) is 7.88. The monoisotopic (exact) mass is 387 g/mol. The zero-order valence-corrected chi connectivity index (χ0v) is 16.7. The summed E-state index contributed by atoms with van der Waals surface area (Å²) in [4.78, 5) is 31.5. The number of pyridine rings is 1. The lowest BCUT2D eigenvalue weighted by atomic mass is 10.00. The molecule has 1 aliphatic heterocycles. The van der Waals surface area contributed by atoms with Gasteiger partial charge in [-0.05, 0) is 50.8 Å². The maximum absolute atomic E-state index is 12.6. The standard InChI is InChI=1S/C20H25N3O3S/c1-3-14-6-4-5-9-23(14)18(24)12-26-20(25)15-10-17(13-7-8-13)22-19(27-2)16(15)11-21/h10,13-14H,3-9,12H2,1-2H3/t14-/m0/s1. The highest BCUT2D eigenvalue weighted by atomic mass is 32.2. The van der Waals surface area contributed by atoms with Crippen molar-refractivity contribution in [1.29, 1.82) is 5.26 Å². The molecule has 3 rings (SSSR count). The smallest absolute Gasteiger partial charge is 0.340 e. The summed E-state index contributed by atoms with van der Waals surface area (Å²) in [5.41, 5.74) is 1.28. The third-order valence-electron chi connectivity index (χ3n) is 5.27. The molecule has 2 aliphatic rings. The average molecular weight is 388 g/mol. The Labute approximate surface area is 164 Å². The van der Waals surface area contributed by atoms with Crippen molar-refractivity contribution in [2.75, 3.05) is 19.4 Å². The SMILES string of the molecule is CC[C@H]1CCCCN1C(=O)COC(=O)c1cc(C2CC2)nc(SC)c1C#N. The lowest BCUT2D eigenvalue weighted by Crippen LogP contribution is -2.45. The topological polar surface area (TPSA) is 83.3 Å². The lowest BCUT2D eigenvalue weighted by molar-refractivity contribution is -0.138. The largest absolute Gasteiger partial charge is 0.452 e. The number of piperidine rings is 1. The minimum absolute atomic E-state index is 0.157. The van der Waals surface area contributed by atoms with Crippen LogP contribution in [0.3, 0.4) is 0 Å². The van der Waals surface area contributed by atoms with E-state index in [9.17, 15) is 14.9 Å². The summed E-state index contributed by atoms with van der Waals surface area (Å²) >= 11 is 1.34. The van der Waals surface area contributed by atoms with Gasteiger partial charge in [0.15, 0.2) is 6.61 Å². The average Bonchev–Trinajstić information content (AvgIpc) is 3.55. The van der Waals surface area contributed by atoms with Crippen molar-refractivity contribution in [3.63, 3.8) is 0 Å². The van der Waals surface area contributed by atoms with E-state index in [0.717, 1.165) is 50.8 Å². The van der Waals surface area contributed by atoms with Crippen molar-refractivity contribution >= 4 is 23.6 Å². The van der Waals surface area contributed by atoms with Gasteiger partial charge in [0.05, 0.1) is 11.1 Å². The van der Waals surface area contributed by atoms with Crippen LogP contribution in [-0.4, -0.2) is 47.2 Å². The second kappa shape index (κ2) is 8.75. The lowest BCUT2D eigenvalue weighted by Gasteiger charge is -2.35. The Bertz CT molecular complexity index is 770. The van der Waals surface area contributed by atoms with Crippen molar-refractivity contribution in [1.82, 2.24) is 9.88 Å². The van der Waals surface area contributed by atoms with Gasteiger partial charge in [0.2, 0.25) is 0 Å². The molecule has 7 heteroatoms. The van der Waals surface area contributed by atoms with E-state index >= 15 is 0 Å². The fraction of sp³-hybridized carbons (Fsp3) is 0.600. The Hall–Kier alpha value is -2.07. The van der Waals surface area contributed by atoms with Gasteiger partial charge in [-0.3, -0.25) is 4.79 Å². The summed E-state index contributed by atoms with van der Waals surface area (Å²) < 4.78 is 5.31. The van der Waals surface area contributed by atoms with Crippen molar-refractivity contribution < 1.29 is 14.3 Å². The number of aromatic nitrogens is 1. The Morgan fingerprint density at radius 1 is 1.37 bits per heavy atom. The molecule has 1 saturated carbocycles. The molecule has 0 N–H and O–H groups in total. The molecule has 1 atom stereocenters. The minimum atomic E-state index is -0.621. The molecule has 1 aromatic heterocycles. The first-order valence-electron chi connectivity index (χ1n) is 9.54. The molecule has 1 aromatic rings. The van der Waals surface area contributed by atoms with Gasteiger partial charge in [0, 0.05) is 24.2 Å². The highest BCUT2D eigenvalue weighted by Crippen LogP contribution is 2.40. The third kappa shape index (κ3) is 4.44. The Balaban J connectivity index is 1.73. The first-order chi connectivity index (χ1) is 13.1. The first-order valence-corrected chi connectivity index (χ1v) is 10.8. The number of hydrogen-bond donors (Lipinski definition) is 0. The number of hydrogen-bond acceptors (Lipinski definition) is 6. The molecule has 27 heavy (non-hydrogen) atoms. The number of amides is 1. The van der Waals surface area contributed by atoms with Crippen LogP contribution >= 0.6 is 11.8 Å². The van der Waals surface area contributed by atoms with Crippen LogP contribution in [-0.2, 0) is 9.53 Å². The molecule has 0 spiro atoms. The van der Waals surface area contributed by atoms with Gasteiger partial charge < -0.3 is 9.64 Å². The molecule has 6 nitrogen and oxygen atoms in total. The van der Waals surface area contributed by atoms with E-state index < -0.39 is 5.97 Å². The molecule has 2 heterocycles. The number of thioether (sulfide) groups is 1. The van der Waals surface area contributed by atoms with Crippen LogP contribution < -0.4 is 0 Å². The van der Waals surface area contributed by atoms with E-state index in [1.165, 1.54) is 11.8 Å². The summed E-state index contributed by atoms with van der Waals surface area (Å²) in [5.74, 6) is -0.421. The number of carbonyl (C=O) groups excluding carboxylic acids is 2. The van der Waals surface area contributed by atoms with E-state index in [-0.39, 0.29) is 29.7 Å². The number of carbonyl (C=O) groups is 2. The van der Waals surface area contributed by atoms with Crippen LogP contribution in [0.2, 0.25) is 0 Å². The van der Waals surface area contributed by atoms with E-state index in [0.29, 0.717) is 10.9 Å². The third-order valence-corrected chi connectivity index (χ3v) is 5.95. The zero-order valence-electron chi connectivity index (χ0n) is 15.9. The van der Waals surface area contributed by atoms with Gasteiger partial charge in [-0.15, -0.1) is 11.8 Å². The maximum Gasteiger partial charge on any atom is 0.340 e. The molecule has 1 amide bonds. The van der Waals surface area contributed by atoms with Crippen molar-refractivity contribution in [2.24, 2.45) is 0 Å². The quantitative estimate of drug-likeness (QED) is 0.549. The Morgan fingerprint density at radius 2 is 2.15 bits per heavy atom. The molecule has 0 aromatic carbocycles. The molecule has 0 bridgehead atoms. The summed E-state index contributed by atoms with van der Waals surface area (Å²) in [6.07, 6.45) is 7.96. The van der Waals surface area contributed by atoms with Crippen LogP contribution in [0.4, 0.5) is 0 Å². The van der Waals surface area contributed by atoms with Gasteiger partial charge >= 0.3 is 5.97 Å². The van der Waals surface area contributed by atoms with Crippen LogP contribution in [0.5, 0.6) is 0 Å². The van der Waals surface area contributed by atoms with Gasteiger partial charge in [0.1, 0.15) is 11.1 Å². The van der Waals surface area contributed by atoms with Crippen molar-refractivity contribution in [2.45, 2.75) is 62.4 Å². The van der Waals surface area contributed by atoms with Crippen LogP contribution in [0, 0.1) is 11.3 Å². The fourth-order valence-corrected chi connectivity index (χ4v) is 4.14. The van der Waals surface area contributed by atoms with Crippen molar-refractivity contribution in [3.05, 3.63) is 22.9 Å². The number of ether oxygens (including phenoxy) is 1. The van der Waals surface area contributed by atoms with Gasteiger partial charge in [-0.25, -0.2) is 9.78 Å². The van der Waals surface area contributed by atoms with Gasteiger partial charge in [0.25, 0.3) is 5.91 Å². The summed E-state index contributed by atoms with van der Waals surface area (Å²) in [5, 5.41) is 10.0. The highest BCUT2D eigenvalue weighted by Gasteiger charge is 2.30. The summed E-state index contributed by atoms with van der Waals surface area (Å²) in [6, 6.07) is 3.96. The molecule has 144 valence electrons. The second-order valence-electron chi connectivity index (χ2n) is 7.09. The molecular weight excluding hydrogens is 362 g/mol. The molecule has 1 aliphatic carbocycles. The molecular formula is C20H25N3O3S. The maximum atomic E-state index is 12.6. The molecule has 2 fully saturated rings. The predicted octanol–water partition coefficient (Wildman–Crippen LogP) is 3.50. The number of nitrogens with zero attached hydrogens (tertiary/aromatic N) is 3. The van der Waals surface area contributed by atoms with Gasteiger partial charge in [-0.2, -0.15) is 5.26 Å². The Kier molecular flexibility index (Phi) is 6.38. The zero-order chi connectivity index (χ0) is 19.4. The number of esters is 1. The fourth-order valence-electron chi connectivity index (χ4n) is 3.59. The van der Waals surface area contributed by atoms with Crippen LogP contribution in [0.15, 0.2) is 11.1 Å². The molecule has 0 unspecified atom stereocenters. The van der Waals surface area contributed by atoms with Crippen molar-refractivity contribution in [3.8, 4) is 6.07 Å². The molecule has 1 saturated heterocycles. The van der Waals surface area contributed by atoms with E-state index in [1.54, 1.807) is 6.07 Å². The highest BCUT2D eigenvalue weighted by molar-refractivity contribution is 7.98. The minimum Gasteiger partial charge on any atom is -0.452 e. The number of rotatable bonds is 6. The summed E-state index contributed by atoms with van der Waals surface area (Å²) in [7, 11) is 0. The van der Waals surface area contributed by atoms with Crippen LogP contribution in [0.25, 0.3) is 0 Å². The predicted molar refractivity (Wildman–Crippen MR) is 103 cm³/mol. The normalized spacial score (nSPS) is 19.4. The summed E-state index contributed by atoms with van der Waals surface area (Å²) in [6.45, 7) is 2.51. The van der Waals surface area contributed by atoms with Gasteiger partial charge in [-0.1, -0.05) is 6.92 Å². The molecule has 0 radical (unpaired) electrons. The number of nitriles is 1. The number of likely N-dealkylation sites (tertiary alicyclic amines) is 1.